The molecule has 12 N–H and O–H groups in total. The van der Waals surface area contributed by atoms with E-state index in [1.165, 1.54) is 62.5 Å². The third-order valence-corrected chi connectivity index (χ3v) is 8.61. The molecule has 284 valence electrons. The molecule has 0 aromatic carbocycles. The van der Waals surface area contributed by atoms with Gasteiger partial charge in [-0.05, 0) is 39.5 Å². The number of unbranched alkanes of at least 4 members (excludes halogenated alkanes) is 2. The van der Waals surface area contributed by atoms with E-state index in [4.69, 9.17) is 4.74 Å². The molecular weight excluding hydrogens is 644 g/mol. The molecule has 14 heteroatoms. The number of ether oxygens (including phenoxy) is 1. The predicted molar refractivity (Wildman–Crippen MR) is 180 cm³/mol. The summed E-state index contributed by atoms with van der Waals surface area (Å²) < 4.78 is 5.34. The van der Waals surface area contributed by atoms with Crippen molar-refractivity contribution < 1.29 is 70.8 Å². The Labute approximate surface area is 288 Å². The Hall–Kier alpha value is -2.05. The third kappa shape index (κ3) is 16.7. The van der Waals surface area contributed by atoms with Crippen LogP contribution in [-0.4, -0.2) is 146 Å². The molecule has 1 aliphatic heterocycles. The monoisotopic (exact) mass is 704 g/mol. The summed E-state index contributed by atoms with van der Waals surface area (Å²) in [6.07, 6.45) is -6.66. The lowest BCUT2D eigenvalue weighted by molar-refractivity contribution is -0.172. The minimum absolute atomic E-state index is 0.140. The largest absolute Gasteiger partial charge is 0.459 e. The van der Waals surface area contributed by atoms with Crippen LogP contribution in [0.4, 0.5) is 0 Å². The average molecular weight is 705 g/mol. The summed E-state index contributed by atoms with van der Waals surface area (Å²) in [6, 6.07) is 0. The lowest BCUT2D eigenvalue weighted by Gasteiger charge is -2.33. The highest BCUT2D eigenvalue weighted by Gasteiger charge is 2.39. The van der Waals surface area contributed by atoms with Crippen molar-refractivity contribution in [3.63, 3.8) is 0 Å². The topological polar surface area (TPSA) is 269 Å². The number of hydrogen-bond acceptors (Lipinski definition) is 14. The number of rotatable bonds is 5. The number of aliphatic hydroxyl groups excluding tert-OH is 11. The van der Waals surface area contributed by atoms with Gasteiger partial charge in [-0.3, -0.25) is 4.79 Å². The van der Waals surface area contributed by atoms with Crippen LogP contribution in [0.25, 0.3) is 0 Å². The van der Waals surface area contributed by atoms with Gasteiger partial charge in [0.05, 0.1) is 42.7 Å². The van der Waals surface area contributed by atoms with Gasteiger partial charge in [0.25, 0.3) is 0 Å². The second kappa shape index (κ2) is 22.7. The van der Waals surface area contributed by atoms with Gasteiger partial charge in [0, 0.05) is 12.8 Å². The molecule has 0 bridgehead atoms. The van der Waals surface area contributed by atoms with Gasteiger partial charge in [-0.1, -0.05) is 74.8 Å². The van der Waals surface area contributed by atoms with E-state index in [0.717, 1.165) is 12.8 Å². The number of allylic oxidation sites excluding steroid dienone is 6. The highest BCUT2D eigenvalue weighted by atomic mass is 16.6. The van der Waals surface area contributed by atoms with Crippen molar-refractivity contribution in [3.05, 3.63) is 48.6 Å². The zero-order valence-corrected chi connectivity index (χ0v) is 28.7. The average Bonchev–Trinajstić information content (AvgIpc) is 3.00. The Morgan fingerprint density at radius 2 is 1.22 bits per heavy atom. The number of esters is 1. The predicted octanol–water partition coefficient (Wildman–Crippen LogP) is -0.976. The van der Waals surface area contributed by atoms with E-state index in [1.807, 2.05) is 6.92 Å². The molecule has 0 aromatic heterocycles. The molecule has 0 amide bonds. The van der Waals surface area contributed by atoms with Crippen LogP contribution in [0.3, 0.4) is 0 Å². The smallest absolute Gasteiger partial charge is 0.314 e. The Morgan fingerprint density at radius 1 is 0.735 bits per heavy atom. The van der Waals surface area contributed by atoms with E-state index in [2.05, 4.69) is 0 Å². The van der Waals surface area contributed by atoms with Crippen LogP contribution in [0.2, 0.25) is 0 Å². The molecule has 1 heterocycles. The van der Waals surface area contributed by atoms with Gasteiger partial charge >= 0.3 is 5.97 Å². The lowest BCUT2D eigenvalue weighted by Crippen LogP contribution is -2.51. The normalized spacial score (nSPS) is 42.1. The van der Waals surface area contributed by atoms with Gasteiger partial charge < -0.3 is 66.0 Å². The summed E-state index contributed by atoms with van der Waals surface area (Å²) in [6.45, 7) is 4.48. The molecule has 1 rings (SSSR count). The van der Waals surface area contributed by atoms with Gasteiger partial charge in [-0.25, -0.2) is 0 Å². The van der Waals surface area contributed by atoms with Crippen LogP contribution >= 0.6 is 0 Å². The van der Waals surface area contributed by atoms with Crippen molar-refractivity contribution in [2.75, 3.05) is 0 Å². The first-order chi connectivity index (χ1) is 22.9. The Kier molecular flexibility index (Phi) is 20.8. The zero-order valence-electron chi connectivity index (χ0n) is 28.7. The molecule has 0 saturated heterocycles. The highest BCUT2D eigenvalue weighted by Crippen LogP contribution is 2.25. The lowest BCUT2D eigenvalue weighted by atomic mass is 9.87. The van der Waals surface area contributed by atoms with E-state index < -0.39 is 104 Å². The molecule has 3 unspecified atom stereocenters. The SMILES string of the molecule is CCCCC[C@H](O)C1C(=O)O[C@@H](C)[C@H](O)C(O)/C=C/C=C/C=C/C=C/C(C)(O)[C@@H](O)[C@H](O)[C@H](O)C[C@@H](O)C[C@@H](O)C[C@@H](O)C[C@@H](O)C[C@H]1O. The molecule has 0 spiro atoms. The first-order valence-electron chi connectivity index (χ1n) is 17.0. The van der Waals surface area contributed by atoms with Gasteiger partial charge in [0.15, 0.2) is 0 Å². The Bertz CT molecular complexity index is 1050. The molecule has 0 aliphatic carbocycles. The summed E-state index contributed by atoms with van der Waals surface area (Å²) in [5.41, 5.74) is -1.99. The number of hydrogen-bond donors (Lipinski definition) is 12. The van der Waals surface area contributed by atoms with E-state index in [-0.39, 0.29) is 25.7 Å². The quantitative estimate of drug-likeness (QED) is 0.121. The van der Waals surface area contributed by atoms with Crippen molar-refractivity contribution in [3.8, 4) is 0 Å². The second-order valence-corrected chi connectivity index (χ2v) is 13.3. The van der Waals surface area contributed by atoms with Crippen LogP contribution < -0.4 is 0 Å². The van der Waals surface area contributed by atoms with Gasteiger partial charge in [-0.15, -0.1) is 0 Å². The molecule has 14 atom stereocenters. The summed E-state index contributed by atoms with van der Waals surface area (Å²) in [5, 5.41) is 126. The van der Waals surface area contributed by atoms with Gasteiger partial charge in [0.2, 0.25) is 0 Å². The number of cyclic esters (lactones) is 1. The zero-order chi connectivity index (χ0) is 37.3. The summed E-state index contributed by atoms with van der Waals surface area (Å²) >= 11 is 0. The Balaban J connectivity index is 3.25. The number of carbonyl (C=O) groups is 1. The molecule has 0 aromatic rings. The Morgan fingerprint density at radius 3 is 1.78 bits per heavy atom. The van der Waals surface area contributed by atoms with Crippen molar-refractivity contribution in [2.45, 2.75) is 157 Å². The van der Waals surface area contributed by atoms with Crippen molar-refractivity contribution in [1.29, 1.82) is 0 Å². The first kappa shape index (κ1) is 45.0. The maximum atomic E-state index is 13.2. The van der Waals surface area contributed by atoms with Crippen molar-refractivity contribution in [2.24, 2.45) is 5.92 Å². The minimum Gasteiger partial charge on any atom is -0.459 e. The molecule has 1 aliphatic rings. The molecule has 0 fully saturated rings. The molecule has 0 radical (unpaired) electrons. The number of aliphatic hydroxyl groups is 12. The molecule has 14 nitrogen and oxygen atoms in total. The fraction of sp³-hybridized carbons (Fsp3) is 0.743. The van der Waals surface area contributed by atoms with Crippen LogP contribution in [0, 0.1) is 5.92 Å². The summed E-state index contributed by atoms with van der Waals surface area (Å²) in [5.74, 6) is -2.58. The van der Waals surface area contributed by atoms with E-state index in [9.17, 15) is 66.1 Å². The van der Waals surface area contributed by atoms with E-state index in [0.29, 0.717) is 6.42 Å². The molecular formula is C35H60O14. The van der Waals surface area contributed by atoms with Crippen LogP contribution in [0.15, 0.2) is 48.6 Å². The fourth-order valence-corrected chi connectivity index (χ4v) is 5.59. The van der Waals surface area contributed by atoms with E-state index in [1.54, 1.807) is 0 Å². The molecule has 0 saturated carbocycles. The van der Waals surface area contributed by atoms with Crippen LogP contribution in [-0.2, 0) is 9.53 Å². The molecule has 49 heavy (non-hydrogen) atoms. The van der Waals surface area contributed by atoms with Crippen LogP contribution in [0.1, 0.15) is 78.6 Å². The highest BCUT2D eigenvalue weighted by molar-refractivity contribution is 5.74. The van der Waals surface area contributed by atoms with Crippen molar-refractivity contribution in [1.82, 2.24) is 0 Å². The minimum atomic E-state index is -1.99. The van der Waals surface area contributed by atoms with Gasteiger partial charge in [0.1, 0.15) is 42.0 Å². The summed E-state index contributed by atoms with van der Waals surface area (Å²) in [7, 11) is 0. The van der Waals surface area contributed by atoms with Gasteiger partial charge in [-0.2, -0.15) is 0 Å². The summed E-state index contributed by atoms with van der Waals surface area (Å²) in [4.78, 5) is 13.2. The number of carbonyl (C=O) groups excluding carboxylic acids is 1. The third-order valence-electron chi connectivity index (χ3n) is 8.61. The van der Waals surface area contributed by atoms with E-state index >= 15 is 0 Å². The standard InChI is InChI=1S/C35H60O14/c1-4-5-10-13-26(40)30-28(42)19-24(38)17-22(36)16-23(37)18-25(39)20-29(43)32(45)33(46)35(3,48)15-12-9-7-6-8-11-14-27(41)31(44)21(2)49-34(30)47/h6-9,11-12,14-15,21-33,36-46,48H,4-5,10,13,16-20H2,1-3H3/b8-6+,9-7+,14-11+,15-12+/t21-,22+,23-,24+,25-,26-,27?,28+,29+,30?,31-,32+,33-,35?/m0/s1. The first-order valence-corrected chi connectivity index (χ1v) is 17.0. The maximum Gasteiger partial charge on any atom is 0.314 e. The van der Waals surface area contributed by atoms with Crippen molar-refractivity contribution >= 4 is 5.97 Å². The maximum absolute atomic E-state index is 13.2. The fourth-order valence-electron chi connectivity index (χ4n) is 5.59. The second-order valence-electron chi connectivity index (χ2n) is 13.3. The van der Waals surface area contributed by atoms with Crippen LogP contribution in [0.5, 0.6) is 0 Å².